The molecule has 1 aliphatic rings. The van der Waals surface area contributed by atoms with E-state index in [9.17, 15) is 13.6 Å². The van der Waals surface area contributed by atoms with Crippen molar-refractivity contribution in [3.63, 3.8) is 0 Å². The maximum Gasteiger partial charge on any atom is 0.255 e. The molecule has 0 unspecified atom stereocenters. The molecule has 0 spiro atoms. The van der Waals surface area contributed by atoms with Crippen molar-refractivity contribution < 1.29 is 18.1 Å². The van der Waals surface area contributed by atoms with E-state index >= 15 is 0 Å². The fraction of sp³-hybridized carbons (Fsp3) is 0.250. The summed E-state index contributed by atoms with van der Waals surface area (Å²) in [6, 6.07) is 9.98. The van der Waals surface area contributed by atoms with Gasteiger partial charge in [0.1, 0.15) is 0 Å². The van der Waals surface area contributed by atoms with Gasteiger partial charge in [0.15, 0.2) is 11.6 Å². The second kappa shape index (κ2) is 7.26. The summed E-state index contributed by atoms with van der Waals surface area (Å²) in [6.07, 6.45) is 4.47. The molecule has 0 saturated heterocycles. The van der Waals surface area contributed by atoms with Gasteiger partial charge in [0.25, 0.3) is 5.91 Å². The number of carbonyl (C=O) groups excluding carboxylic acids is 1. The summed E-state index contributed by atoms with van der Waals surface area (Å²) >= 11 is 0. The number of benzene rings is 2. The molecule has 7 heteroatoms. The highest BCUT2D eigenvalue weighted by atomic mass is 19.2. The lowest BCUT2D eigenvalue weighted by atomic mass is 10.1. The summed E-state index contributed by atoms with van der Waals surface area (Å²) < 4.78 is 31.7. The normalized spacial score (nSPS) is 14.4. The van der Waals surface area contributed by atoms with Crippen LogP contribution in [0.4, 0.5) is 14.5 Å². The van der Waals surface area contributed by atoms with Crippen molar-refractivity contribution in [1.82, 2.24) is 10.1 Å². The average molecular weight is 369 g/mol. The molecule has 0 radical (unpaired) electrons. The van der Waals surface area contributed by atoms with Gasteiger partial charge in [-0.15, -0.1) is 0 Å². The largest absolute Gasteiger partial charge is 0.339 e. The number of aromatic nitrogens is 2. The molecule has 0 aliphatic heterocycles. The van der Waals surface area contributed by atoms with Crippen molar-refractivity contribution in [3.05, 3.63) is 65.6 Å². The summed E-state index contributed by atoms with van der Waals surface area (Å²) in [4.78, 5) is 16.7. The number of hydrogen-bond acceptors (Lipinski definition) is 4. The molecule has 1 saturated carbocycles. The van der Waals surface area contributed by atoms with Crippen LogP contribution in [0.5, 0.6) is 0 Å². The Kier molecular flexibility index (Phi) is 4.66. The standard InChI is InChI=1S/C20H17F2N3O2/c21-16-9-8-14(11-17(16)22)19(26)23-15-7-3-6-13(10-15)18-24-20(27-25-18)12-4-1-2-5-12/h3,6-12H,1-2,4-5H2,(H,23,26). The summed E-state index contributed by atoms with van der Waals surface area (Å²) in [6.45, 7) is 0. The van der Waals surface area contributed by atoms with E-state index in [-0.39, 0.29) is 5.56 Å². The molecule has 1 heterocycles. The Balaban J connectivity index is 1.52. The van der Waals surface area contributed by atoms with E-state index in [2.05, 4.69) is 15.5 Å². The van der Waals surface area contributed by atoms with Crippen LogP contribution in [0.15, 0.2) is 47.0 Å². The van der Waals surface area contributed by atoms with Crippen LogP contribution in [0.1, 0.15) is 47.8 Å². The molecule has 1 fully saturated rings. The SMILES string of the molecule is O=C(Nc1cccc(-c2noc(C3CCCC3)n2)c1)c1ccc(F)c(F)c1. The van der Waals surface area contributed by atoms with Gasteiger partial charge < -0.3 is 9.84 Å². The van der Waals surface area contributed by atoms with Crippen molar-refractivity contribution in [1.29, 1.82) is 0 Å². The Morgan fingerprint density at radius 2 is 1.89 bits per heavy atom. The van der Waals surface area contributed by atoms with Crippen LogP contribution in [0.25, 0.3) is 11.4 Å². The summed E-state index contributed by atoms with van der Waals surface area (Å²) in [5.41, 5.74) is 1.22. The first-order valence-corrected chi connectivity index (χ1v) is 8.80. The molecule has 1 aliphatic carbocycles. The van der Waals surface area contributed by atoms with Gasteiger partial charge in [-0.2, -0.15) is 4.98 Å². The Bertz CT molecular complexity index is 981. The average Bonchev–Trinajstić information content (AvgIpc) is 3.35. The van der Waals surface area contributed by atoms with Crippen LogP contribution in [-0.2, 0) is 0 Å². The van der Waals surface area contributed by atoms with Crippen LogP contribution in [0.2, 0.25) is 0 Å². The van der Waals surface area contributed by atoms with Crippen LogP contribution in [0, 0.1) is 11.6 Å². The molecule has 0 atom stereocenters. The highest BCUT2D eigenvalue weighted by molar-refractivity contribution is 6.04. The number of nitrogens with zero attached hydrogens (tertiary/aromatic N) is 2. The Morgan fingerprint density at radius 1 is 1.07 bits per heavy atom. The van der Waals surface area contributed by atoms with Gasteiger partial charge in [0, 0.05) is 22.7 Å². The molecule has 0 bridgehead atoms. The highest BCUT2D eigenvalue weighted by Crippen LogP contribution is 2.34. The van der Waals surface area contributed by atoms with E-state index in [1.54, 1.807) is 18.2 Å². The van der Waals surface area contributed by atoms with Crippen LogP contribution >= 0.6 is 0 Å². The summed E-state index contributed by atoms with van der Waals surface area (Å²) in [5, 5.41) is 6.70. The lowest BCUT2D eigenvalue weighted by molar-refractivity contribution is 0.102. The van der Waals surface area contributed by atoms with Crippen LogP contribution in [0.3, 0.4) is 0 Å². The Labute approximate surface area is 154 Å². The zero-order chi connectivity index (χ0) is 18.8. The molecule has 5 nitrogen and oxygen atoms in total. The Morgan fingerprint density at radius 3 is 2.67 bits per heavy atom. The first-order valence-electron chi connectivity index (χ1n) is 8.80. The molecular weight excluding hydrogens is 352 g/mol. The van der Waals surface area contributed by atoms with E-state index < -0.39 is 17.5 Å². The third-order valence-electron chi connectivity index (χ3n) is 4.71. The summed E-state index contributed by atoms with van der Waals surface area (Å²) in [7, 11) is 0. The molecule has 1 amide bonds. The lowest BCUT2D eigenvalue weighted by Gasteiger charge is -2.06. The van der Waals surface area contributed by atoms with Crippen LogP contribution in [-0.4, -0.2) is 16.0 Å². The predicted molar refractivity (Wildman–Crippen MR) is 95.3 cm³/mol. The number of carbonyl (C=O) groups is 1. The van der Waals surface area contributed by atoms with Gasteiger partial charge in [0.05, 0.1) is 0 Å². The van der Waals surface area contributed by atoms with Crippen LogP contribution < -0.4 is 5.32 Å². The van der Waals surface area contributed by atoms with Crippen molar-refractivity contribution >= 4 is 11.6 Å². The van der Waals surface area contributed by atoms with Gasteiger partial charge in [-0.3, -0.25) is 4.79 Å². The van der Waals surface area contributed by atoms with Gasteiger partial charge in [-0.1, -0.05) is 30.1 Å². The van der Waals surface area contributed by atoms with Gasteiger partial charge in [-0.25, -0.2) is 8.78 Å². The first kappa shape index (κ1) is 17.3. The highest BCUT2D eigenvalue weighted by Gasteiger charge is 2.23. The molecule has 1 aromatic heterocycles. The monoisotopic (exact) mass is 369 g/mol. The van der Waals surface area contributed by atoms with E-state index in [0.29, 0.717) is 28.9 Å². The van der Waals surface area contributed by atoms with Gasteiger partial charge in [0.2, 0.25) is 11.7 Å². The number of hydrogen-bond donors (Lipinski definition) is 1. The third-order valence-corrected chi connectivity index (χ3v) is 4.71. The maximum absolute atomic E-state index is 13.3. The maximum atomic E-state index is 13.3. The molecule has 138 valence electrons. The minimum absolute atomic E-state index is 0.0300. The minimum Gasteiger partial charge on any atom is -0.339 e. The fourth-order valence-electron chi connectivity index (χ4n) is 3.27. The Hall–Kier alpha value is -3.09. The van der Waals surface area contributed by atoms with Crippen molar-refractivity contribution in [2.45, 2.75) is 31.6 Å². The predicted octanol–water partition coefficient (Wildman–Crippen LogP) is 4.92. The number of halogens is 2. The van der Waals surface area contributed by atoms with Crippen molar-refractivity contribution in [3.8, 4) is 11.4 Å². The van der Waals surface area contributed by atoms with Crippen molar-refractivity contribution in [2.75, 3.05) is 5.32 Å². The lowest BCUT2D eigenvalue weighted by Crippen LogP contribution is -2.12. The number of amides is 1. The van der Waals surface area contributed by atoms with E-state index in [4.69, 9.17) is 4.52 Å². The third kappa shape index (κ3) is 3.72. The molecule has 4 rings (SSSR count). The number of anilines is 1. The summed E-state index contributed by atoms with van der Waals surface area (Å²) in [5.74, 6) is -1.17. The molecule has 2 aromatic carbocycles. The molecule has 1 N–H and O–H groups in total. The zero-order valence-corrected chi connectivity index (χ0v) is 14.4. The van der Waals surface area contributed by atoms with E-state index in [0.717, 1.165) is 25.0 Å². The van der Waals surface area contributed by atoms with Crippen molar-refractivity contribution in [2.24, 2.45) is 0 Å². The second-order valence-corrected chi connectivity index (χ2v) is 6.60. The molecular formula is C20H17F2N3O2. The van der Waals surface area contributed by atoms with Gasteiger partial charge >= 0.3 is 0 Å². The smallest absolute Gasteiger partial charge is 0.255 e. The molecule has 27 heavy (non-hydrogen) atoms. The van der Waals surface area contributed by atoms with Gasteiger partial charge in [-0.05, 0) is 43.2 Å². The second-order valence-electron chi connectivity index (χ2n) is 6.60. The topological polar surface area (TPSA) is 68.0 Å². The number of nitrogens with one attached hydrogen (secondary N) is 1. The van der Waals surface area contributed by atoms with E-state index in [1.807, 2.05) is 6.07 Å². The zero-order valence-electron chi connectivity index (χ0n) is 14.4. The first-order chi connectivity index (χ1) is 13.1. The quantitative estimate of drug-likeness (QED) is 0.708. The molecule has 3 aromatic rings. The fourth-order valence-corrected chi connectivity index (χ4v) is 3.27. The number of rotatable bonds is 4. The minimum atomic E-state index is -1.07. The van der Waals surface area contributed by atoms with E-state index in [1.165, 1.54) is 18.9 Å².